The summed E-state index contributed by atoms with van der Waals surface area (Å²) in [6.07, 6.45) is -2.19. The summed E-state index contributed by atoms with van der Waals surface area (Å²) >= 11 is 0. The Morgan fingerprint density at radius 1 is 1.11 bits per heavy atom. The summed E-state index contributed by atoms with van der Waals surface area (Å²) < 4.78 is 0. The van der Waals surface area contributed by atoms with Gasteiger partial charge in [0.25, 0.3) is 0 Å². The highest BCUT2D eigenvalue weighted by atomic mass is 16.3. The third kappa shape index (κ3) is 2.98. The highest BCUT2D eigenvalue weighted by Crippen LogP contribution is 2.05. The Morgan fingerprint density at radius 2 is 1.83 bits per heavy atom. The van der Waals surface area contributed by atoms with Gasteiger partial charge in [0.2, 0.25) is 0 Å². The third-order valence-corrected chi connectivity index (χ3v) is 2.80. The standard InChI is InChI=1S/C12H17N3O3/c16-7-9-10(17)11(18)15-12(14-9)13-6-8-4-2-1-3-5-8/h1-5,9-11,16-18H,6-7H2,(H2,13,14,15). The molecule has 1 aliphatic heterocycles. The first kappa shape index (κ1) is 12.8. The van der Waals surface area contributed by atoms with Gasteiger partial charge >= 0.3 is 0 Å². The summed E-state index contributed by atoms with van der Waals surface area (Å²) in [5.74, 6) is 0.371. The van der Waals surface area contributed by atoms with E-state index in [0.717, 1.165) is 5.56 Å². The van der Waals surface area contributed by atoms with Crippen LogP contribution < -0.4 is 10.6 Å². The molecule has 1 aromatic rings. The second-order valence-electron chi connectivity index (χ2n) is 4.16. The molecule has 0 aliphatic carbocycles. The van der Waals surface area contributed by atoms with Gasteiger partial charge in [-0.1, -0.05) is 30.3 Å². The van der Waals surface area contributed by atoms with Gasteiger partial charge in [-0.05, 0) is 5.56 Å². The Hall–Kier alpha value is -1.63. The first-order valence-electron chi connectivity index (χ1n) is 5.79. The predicted octanol–water partition coefficient (Wildman–Crippen LogP) is -1.22. The molecule has 1 fully saturated rings. The summed E-state index contributed by atoms with van der Waals surface area (Å²) in [5, 5.41) is 33.6. The molecule has 0 spiro atoms. The Balaban J connectivity index is 2.00. The van der Waals surface area contributed by atoms with Crippen molar-refractivity contribution < 1.29 is 15.3 Å². The summed E-state index contributed by atoms with van der Waals surface area (Å²) in [6.45, 7) is 0.182. The van der Waals surface area contributed by atoms with Gasteiger partial charge in [-0.3, -0.25) is 0 Å². The number of hydrogen-bond acceptors (Lipinski definition) is 4. The molecular weight excluding hydrogens is 234 g/mol. The van der Waals surface area contributed by atoms with E-state index in [-0.39, 0.29) is 6.61 Å². The third-order valence-electron chi connectivity index (χ3n) is 2.80. The summed E-state index contributed by atoms with van der Waals surface area (Å²) in [7, 11) is 0. The Bertz CT molecular complexity index is 410. The lowest BCUT2D eigenvalue weighted by Gasteiger charge is -2.34. The number of benzene rings is 1. The maximum absolute atomic E-state index is 9.55. The lowest BCUT2D eigenvalue weighted by Crippen LogP contribution is -2.65. The van der Waals surface area contributed by atoms with Crippen molar-refractivity contribution in [3.63, 3.8) is 0 Å². The molecule has 98 valence electrons. The normalized spacial score (nSPS) is 29.7. The van der Waals surface area contributed by atoms with Crippen molar-refractivity contribution >= 4 is 5.96 Å². The largest absolute Gasteiger partial charge is 0.394 e. The van der Waals surface area contributed by atoms with E-state index in [0.29, 0.717) is 12.5 Å². The number of guanidine groups is 1. The van der Waals surface area contributed by atoms with Crippen LogP contribution >= 0.6 is 0 Å². The number of aliphatic imine (C=N–C) groups is 1. The Kier molecular flexibility index (Phi) is 4.14. The Morgan fingerprint density at radius 3 is 2.50 bits per heavy atom. The molecule has 3 atom stereocenters. The molecule has 0 amide bonds. The van der Waals surface area contributed by atoms with E-state index in [4.69, 9.17) is 5.11 Å². The molecule has 1 saturated heterocycles. The van der Waals surface area contributed by atoms with Gasteiger partial charge in [-0.25, -0.2) is 4.99 Å². The van der Waals surface area contributed by atoms with Crippen molar-refractivity contribution in [1.82, 2.24) is 10.6 Å². The van der Waals surface area contributed by atoms with E-state index in [1.165, 1.54) is 0 Å². The molecule has 18 heavy (non-hydrogen) atoms. The zero-order chi connectivity index (χ0) is 13.0. The van der Waals surface area contributed by atoms with Gasteiger partial charge in [0.1, 0.15) is 6.10 Å². The Labute approximate surface area is 105 Å². The van der Waals surface area contributed by atoms with Crippen molar-refractivity contribution in [3.05, 3.63) is 35.9 Å². The summed E-state index contributed by atoms with van der Waals surface area (Å²) in [5.41, 5.74) is 1.04. The smallest absolute Gasteiger partial charge is 0.194 e. The fraction of sp³-hybridized carbons (Fsp3) is 0.417. The molecule has 6 heteroatoms. The number of aliphatic hydroxyl groups excluding tert-OH is 3. The minimum absolute atomic E-state index is 0.274. The monoisotopic (exact) mass is 251 g/mol. The lowest BCUT2D eigenvalue weighted by molar-refractivity contribution is -0.0307. The van der Waals surface area contributed by atoms with Gasteiger partial charge in [0, 0.05) is 0 Å². The summed E-state index contributed by atoms with van der Waals surface area (Å²) in [6, 6.07) is 9.05. The van der Waals surface area contributed by atoms with Crippen LogP contribution in [0.25, 0.3) is 0 Å². The number of aliphatic hydroxyl groups is 3. The van der Waals surface area contributed by atoms with Gasteiger partial charge < -0.3 is 26.0 Å². The number of nitrogens with zero attached hydrogens (tertiary/aromatic N) is 1. The fourth-order valence-electron chi connectivity index (χ4n) is 1.75. The van der Waals surface area contributed by atoms with Gasteiger partial charge in [-0.15, -0.1) is 0 Å². The molecule has 6 nitrogen and oxygen atoms in total. The second kappa shape index (κ2) is 5.81. The maximum Gasteiger partial charge on any atom is 0.194 e. The predicted molar refractivity (Wildman–Crippen MR) is 66.7 cm³/mol. The quantitative estimate of drug-likeness (QED) is 0.464. The first-order valence-corrected chi connectivity index (χ1v) is 5.79. The molecule has 0 radical (unpaired) electrons. The molecule has 5 N–H and O–H groups in total. The molecular formula is C12H17N3O3. The van der Waals surface area contributed by atoms with Crippen molar-refractivity contribution in [2.75, 3.05) is 6.61 Å². The van der Waals surface area contributed by atoms with Crippen molar-refractivity contribution in [1.29, 1.82) is 0 Å². The fourth-order valence-corrected chi connectivity index (χ4v) is 1.75. The maximum atomic E-state index is 9.55. The van der Waals surface area contributed by atoms with Crippen LogP contribution in [-0.4, -0.2) is 46.3 Å². The van der Waals surface area contributed by atoms with Crippen LogP contribution in [0.5, 0.6) is 0 Å². The SMILES string of the molecule is OCC1NC(=NCc2ccccc2)NC(O)C1O. The van der Waals surface area contributed by atoms with Gasteiger partial charge in [0.05, 0.1) is 19.2 Å². The van der Waals surface area contributed by atoms with E-state index in [1.807, 2.05) is 30.3 Å². The molecule has 2 rings (SSSR count). The topological polar surface area (TPSA) is 97.1 Å². The second-order valence-corrected chi connectivity index (χ2v) is 4.16. The van der Waals surface area contributed by atoms with Crippen LogP contribution in [0.3, 0.4) is 0 Å². The molecule has 0 bridgehead atoms. The van der Waals surface area contributed by atoms with Crippen LogP contribution in [-0.2, 0) is 6.54 Å². The first-order chi connectivity index (χ1) is 8.70. The van der Waals surface area contributed by atoms with E-state index >= 15 is 0 Å². The van der Waals surface area contributed by atoms with E-state index in [2.05, 4.69) is 15.6 Å². The molecule has 0 aromatic heterocycles. The zero-order valence-corrected chi connectivity index (χ0v) is 9.82. The molecule has 1 heterocycles. The number of hydrogen-bond donors (Lipinski definition) is 5. The van der Waals surface area contributed by atoms with Crippen LogP contribution in [0.15, 0.2) is 35.3 Å². The number of rotatable bonds is 3. The molecule has 1 aromatic carbocycles. The van der Waals surface area contributed by atoms with E-state index < -0.39 is 18.4 Å². The molecule has 1 aliphatic rings. The highest BCUT2D eigenvalue weighted by molar-refractivity contribution is 5.81. The van der Waals surface area contributed by atoms with Gasteiger partial charge in [-0.2, -0.15) is 0 Å². The van der Waals surface area contributed by atoms with E-state index in [9.17, 15) is 10.2 Å². The molecule has 3 unspecified atom stereocenters. The van der Waals surface area contributed by atoms with Crippen LogP contribution in [0, 0.1) is 0 Å². The summed E-state index contributed by atoms with van der Waals surface area (Å²) in [4.78, 5) is 4.25. The van der Waals surface area contributed by atoms with E-state index in [1.54, 1.807) is 0 Å². The molecule has 0 saturated carbocycles. The number of nitrogens with one attached hydrogen (secondary N) is 2. The average Bonchev–Trinajstić information content (AvgIpc) is 2.41. The average molecular weight is 251 g/mol. The van der Waals surface area contributed by atoms with Crippen LogP contribution in [0.2, 0.25) is 0 Å². The van der Waals surface area contributed by atoms with Gasteiger partial charge in [0.15, 0.2) is 12.2 Å². The van der Waals surface area contributed by atoms with Crippen LogP contribution in [0.4, 0.5) is 0 Å². The minimum atomic E-state index is -1.13. The lowest BCUT2D eigenvalue weighted by atomic mass is 10.1. The van der Waals surface area contributed by atoms with Crippen molar-refractivity contribution in [2.45, 2.75) is 24.9 Å². The highest BCUT2D eigenvalue weighted by Gasteiger charge is 2.32. The zero-order valence-electron chi connectivity index (χ0n) is 9.82. The van der Waals surface area contributed by atoms with Crippen LogP contribution in [0.1, 0.15) is 5.56 Å². The van der Waals surface area contributed by atoms with Crippen molar-refractivity contribution in [2.24, 2.45) is 4.99 Å². The van der Waals surface area contributed by atoms with Crippen molar-refractivity contribution in [3.8, 4) is 0 Å². The minimum Gasteiger partial charge on any atom is -0.394 e.